The number of nitrogens with one attached hydrogen (secondary N) is 1. The van der Waals surface area contributed by atoms with Crippen LogP contribution >= 0.6 is 0 Å². The first-order valence-corrected chi connectivity index (χ1v) is 5.93. The van der Waals surface area contributed by atoms with Crippen LogP contribution in [-0.2, 0) is 16.0 Å². The molecule has 0 spiro atoms. The number of nitrogen functional groups attached to an aromatic ring is 1. The summed E-state index contributed by atoms with van der Waals surface area (Å²) in [6.07, 6.45) is 2.81. The Morgan fingerprint density at radius 3 is 2.70 bits per heavy atom. The lowest BCUT2D eigenvalue weighted by Crippen LogP contribution is -2.22. The monoisotopic (exact) mass is 275 g/mol. The molecule has 104 valence electrons. The Hall–Kier alpha value is -2.77. The highest BCUT2D eigenvalue weighted by atomic mass is 16.5. The first-order valence-electron chi connectivity index (χ1n) is 5.93. The van der Waals surface area contributed by atoms with Crippen LogP contribution < -0.4 is 11.3 Å². The predicted octanol–water partition coefficient (Wildman–Crippen LogP) is -0.0853. The molecule has 2 rings (SSSR count). The highest BCUT2D eigenvalue weighted by molar-refractivity contribution is 5.74. The number of rotatable bonds is 4. The van der Waals surface area contributed by atoms with Crippen LogP contribution in [0.5, 0.6) is 0 Å². The number of aromatic nitrogens is 4. The highest BCUT2D eigenvalue weighted by Gasteiger charge is 2.15. The van der Waals surface area contributed by atoms with Gasteiger partial charge >= 0.3 is 5.97 Å². The van der Waals surface area contributed by atoms with Gasteiger partial charge < -0.3 is 15.5 Å². The summed E-state index contributed by atoms with van der Waals surface area (Å²) >= 11 is 0. The van der Waals surface area contributed by atoms with Crippen molar-refractivity contribution in [3.05, 3.63) is 34.4 Å². The van der Waals surface area contributed by atoms with Crippen molar-refractivity contribution in [3.8, 4) is 11.6 Å². The molecule has 0 saturated carbocycles. The van der Waals surface area contributed by atoms with Gasteiger partial charge in [-0.15, -0.1) is 0 Å². The molecule has 2 heterocycles. The number of hydrogen-bond donors (Lipinski definition) is 2. The third-order valence-electron chi connectivity index (χ3n) is 2.45. The zero-order chi connectivity index (χ0) is 14.5. The van der Waals surface area contributed by atoms with Gasteiger partial charge in [-0.1, -0.05) is 0 Å². The Morgan fingerprint density at radius 2 is 2.10 bits per heavy atom. The second kappa shape index (κ2) is 5.91. The SMILES string of the molecule is CCOC(=O)Cc1c(N)nc(-c2ncccn2)[nH]c1=O. The standard InChI is InChI=1S/C12H13N5O3/c1-2-20-8(18)6-7-9(13)16-11(17-12(7)19)10-14-4-3-5-15-10/h3-5H,2,6H2,1H3,(H3,13,16,17,19). The molecule has 2 aromatic rings. The molecule has 0 amide bonds. The number of hydrogen-bond acceptors (Lipinski definition) is 7. The van der Waals surface area contributed by atoms with Crippen molar-refractivity contribution in [2.24, 2.45) is 0 Å². The van der Waals surface area contributed by atoms with Gasteiger partial charge in [-0.3, -0.25) is 9.59 Å². The van der Waals surface area contributed by atoms with E-state index in [9.17, 15) is 9.59 Å². The van der Waals surface area contributed by atoms with Crippen LogP contribution in [-0.4, -0.2) is 32.5 Å². The molecule has 8 nitrogen and oxygen atoms in total. The number of ether oxygens (including phenoxy) is 1. The third-order valence-corrected chi connectivity index (χ3v) is 2.45. The molecule has 3 N–H and O–H groups in total. The van der Waals surface area contributed by atoms with E-state index in [0.717, 1.165) is 0 Å². The van der Waals surface area contributed by atoms with Gasteiger partial charge in [0, 0.05) is 12.4 Å². The summed E-state index contributed by atoms with van der Waals surface area (Å²) in [5, 5.41) is 0. The summed E-state index contributed by atoms with van der Waals surface area (Å²) in [6, 6.07) is 1.64. The molecule has 8 heteroatoms. The lowest BCUT2D eigenvalue weighted by Gasteiger charge is -2.06. The quantitative estimate of drug-likeness (QED) is 0.747. The zero-order valence-corrected chi connectivity index (χ0v) is 10.8. The van der Waals surface area contributed by atoms with Crippen LogP contribution in [0.2, 0.25) is 0 Å². The Balaban J connectivity index is 2.35. The van der Waals surface area contributed by atoms with Crippen LogP contribution in [0.15, 0.2) is 23.3 Å². The van der Waals surface area contributed by atoms with E-state index in [1.54, 1.807) is 13.0 Å². The highest BCUT2D eigenvalue weighted by Crippen LogP contribution is 2.10. The second-order valence-electron chi connectivity index (χ2n) is 3.83. The maximum absolute atomic E-state index is 11.9. The van der Waals surface area contributed by atoms with Crippen molar-refractivity contribution in [2.75, 3.05) is 12.3 Å². The fourth-order valence-corrected chi connectivity index (χ4v) is 1.57. The molecule has 0 aliphatic rings. The molecule has 0 aliphatic heterocycles. The number of nitrogens with zero attached hydrogens (tertiary/aromatic N) is 3. The number of nitrogens with two attached hydrogens (primary N) is 1. The summed E-state index contributed by atoms with van der Waals surface area (Å²) < 4.78 is 4.77. The van der Waals surface area contributed by atoms with E-state index < -0.39 is 11.5 Å². The normalized spacial score (nSPS) is 10.2. The minimum Gasteiger partial charge on any atom is -0.466 e. The summed E-state index contributed by atoms with van der Waals surface area (Å²) in [5.74, 6) is -0.167. The maximum atomic E-state index is 11.9. The Bertz CT molecular complexity index is 669. The fraction of sp³-hybridized carbons (Fsp3) is 0.250. The van der Waals surface area contributed by atoms with Gasteiger partial charge in [-0.05, 0) is 13.0 Å². The summed E-state index contributed by atoms with van der Waals surface area (Å²) in [6.45, 7) is 1.92. The van der Waals surface area contributed by atoms with E-state index in [1.807, 2.05) is 0 Å². The van der Waals surface area contributed by atoms with Crippen molar-refractivity contribution < 1.29 is 9.53 Å². The lowest BCUT2D eigenvalue weighted by molar-refractivity contribution is -0.142. The molecule has 0 atom stereocenters. The van der Waals surface area contributed by atoms with Crippen LogP contribution in [0.4, 0.5) is 5.82 Å². The lowest BCUT2D eigenvalue weighted by atomic mass is 10.2. The maximum Gasteiger partial charge on any atom is 0.310 e. The molecule has 2 aromatic heterocycles. The van der Waals surface area contributed by atoms with E-state index in [2.05, 4.69) is 19.9 Å². The molecule has 0 saturated heterocycles. The van der Waals surface area contributed by atoms with Gasteiger partial charge in [0.15, 0.2) is 11.6 Å². The Morgan fingerprint density at radius 1 is 1.40 bits per heavy atom. The second-order valence-corrected chi connectivity index (χ2v) is 3.83. The number of carbonyl (C=O) groups is 1. The third kappa shape index (κ3) is 2.97. The van der Waals surface area contributed by atoms with Gasteiger partial charge in [-0.2, -0.15) is 0 Å². The molecular weight excluding hydrogens is 262 g/mol. The minimum absolute atomic E-state index is 0.0377. The number of carbonyl (C=O) groups excluding carboxylic acids is 1. The van der Waals surface area contributed by atoms with Gasteiger partial charge in [0.05, 0.1) is 18.6 Å². The fourth-order valence-electron chi connectivity index (χ4n) is 1.57. The number of aromatic amines is 1. The summed E-state index contributed by atoms with van der Waals surface area (Å²) in [5.41, 5.74) is 5.28. The summed E-state index contributed by atoms with van der Waals surface area (Å²) in [7, 11) is 0. The molecular formula is C12H13N5O3. The molecule has 0 fully saturated rings. The first-order chi connectivity index (χ1) is 9.61. The van der Waals surface area contributed by atoms with E-state index in [-0.39, 0.29) is 36.1 Å². The number of anilines is 1. The van der Waals surface area contributed by atoms with E-state index in [0.29, 0.717) is 0 Å². The van der Waals surface area contributed by atoms with E-state index >= 15 is 0 Å². The number of esters is 1. The van der Waals surface area contributed by atoms with Crippen molar-refractivity contribution in [1.82, 2.24) is 19.9 Å². The van der Waals surface area contributed by atoms with Crippen LogP contribution in [0.3, 0.4) is 0 Å². The van der Waals surface area contributed by atoms with Gasteiger partial charge in [0.2, 0.25) is 0 Å². The topological polar surface area (TPSA) is 124 Å². The molecule has 0 aromatic carbocycles. The van der Waals surface area contributed by atoms with Crippen molar-refractivity contribution in [2.45, 2.75) is 13.3 Å². The van der Waals surface area contributed by atoms with Crippen LogP contribution in [0.1, 0.15) is 12.5 Å². The molecule has 0 bridgehead atoms. The van der Waals surface area contributed by atoms with Crippen LogP contribution in [0.25, 0.3) is 11.6 Å². The molecule has 20 heavy (non-hydrogen) atoms. The number of H-pyrrole nitrogens is 1. The van der Waals surface area contributed by atoms with Gasteiger partial charge in [0.25, 0.3) is 5.56 Å². The Labute approximate surface area is 114 Å². The zero-order valence-electron chi connectivity index (χ0n) is 10.8. The smallest absolute Gasteiger partial charge is 0.310 e. The van der Waals surface area contributed by atoms with Crippen molar-refractivity contribution >= 4 is 11.8 Å². The minimum atomic E-state index is -0.532. The van der Waals surface area contributed by atoms with Crippen molar-refractivity contribution in [3.63, 3.8) is 0 Å². The average molecular weight is 275 g/mol. The van der Waals surface area contributed by atoms with E-state index in [4.69, 9.17) is 10.5 Å². The summed E-state index contributed by atoms with van der Waals surface area (Å²) in [4.78, 5) is 37.8. The van der Waals surface area contributed by atoms with Gasteiger partial charge in [-0.25, -0.2) is 15.0 Å². The van der Waals surface area contributed by atoms with Crippen molar-refractivity contribution in [1.29, 1.82) is 0 Å². The predicted molar refractivity (Wildman–Crippen MR) is 70.6 cm³/mol. The molecule has 0 radical (unpaired) electrons. The largest absolute Gasteiger partial charge is 0.466 e. The Kier molecular flexibility index (Phi) is 4.04. The first kappa shape index (κ1) is 13.7. The molecule has 0 unspecified atom stereocenters. The van der Waals surface area contributed by atoms with Gasteiger partial charge in [0.1, 0.15) is 5.82 Å². The van der Waals surface area contributed by atoms with Crippen LogP contribution in [0, 0.1) is 0 Å². The molecule has 0 aliphatic carbocycles. The van der Waals surface area contributed by atoms with E-state index in [1.165, 1.54) is 12.4 Å². The average Bonchev–Trinajstić information content (AvgIpc) is 2.44.